The van der Waals surface area contributed by atoms with Gasteiger partial charge in [0.2, 0.25) is 0 Å². The Morgan fingerprint density at radius 3 is 2.79 bits per heavy atom. The average molecular weight is 256 g/mol. The second-order valence-corrected chi connectivity index (χ2v) is 4.49. The highest BCUT2D eigenvalue weighted by atomic mass is 79.9. The highest BCUT2D eigenvalue weighted by Gasteiger charge is 2.21. The van der Waals surface area contributed by atoms with Crippen molar-refractivity contribution in [1.29, 1.82) is 0 Å². The van der Waals surface area contributed by atoms with Crippen molar-refractivity contribution in [2.45, 2.75) is 19.4 Å². The van der Waals surface area contributed by atoms with E-state index in [2.05, 4.69) is 25.9 Å². The van der Waals surface area contributed by atoms with Crippen LogP contribution in [0, 0.1) is 0 Å². The molecule has 0 bridgehead atoms. The predicted octanol–water partition coefficient (Wildman–Crippen LogP) is 1.72. The second kappa shape index (κ2) is 3.03. The van der Waals surface area contributed by atoms with E-state index in [1.807, 2.05) is 0 Å². The largest absolute Gasteiger partial charge is 0.384 e. The van der Waals surface area contributed by atoms with Gasteiger partial charge in [-0.1, -0.05) is 0 Å². The molecule has 2 aromatic heterocycles. The molecule has 0 atom stereocenters. The van der Waals surface area contributed by atoms with Crippen molar-refractivity contribution in [3.63, 3.8) is 0 Å². The Hall–Kier alpha value is -0.940. The number of hydrogen-bond acceptors (Lipinski definition) is 3. The number of halogens is 1. The summed E-state index contributed by atoms with van der Waals surface area (Å²) in [6.07, 6.45) is 4.97. The van der Waals surface area contributed by atoms with Crippen LogP contribution in [0.5, 0.6) is 0 Å². The highest BCUT2D eigenvalue weighted by Crippen LogP contribution is 2.23. The van der Waals surface area contributed by atoms with Crippen molar-refractivity contribution < 1.29 is 5.11 Å². The number of nitrogens with zero attached hydrogens (tertiary/aromatic N) is 3. The smallest absolute Gasteiger partial charge is 0.154 e. The van der Waals surface area contributed by atoms with Crippen LogP contribution >= 0.6 is 15.9 Å². The Labute approximate surface area is 89.7 Å². The minimum atomic E-state index is -0.915. The molecule has 0 aliphatic carbocycles. The Morgan fingerprint density at radius 1 is 1.43 bits per heavy atom. The van der Waals surface area contributed by atoms with Gasteiger partial charge in [0.1, 0.15) is 11.9 Å². The minimum absolute atomic E-state index is 0.723. The third kappa shape index (κ3) is 1.42. The summed E-state index contributed by atoms with van der Waals surface area (Å²) in [5.74, 6) is 0. The van der Waals surface area contributed by atoms with Crippen LogP contribution in [-0.4, -0.2) is 19.5 Å². The lowest BCUT2D eigenvalue weighted by atomic mass is 10.1. The summed E-state index contributed by atoms with van der Waals surface area (Å²) in [5, 5.41) is 9.86. The molecule has 0 aromatic carbocycles. The first-order valence-corrected chi connectivity index (χ1v) is 4.99. The first-order valence-electron chi connectivity index (χ1n) is 4.19. The second-order valence-electron chi connectivity index (χ2n) is 3.64. The van der Waals surface area contributed by atoms with Crippen LogP contribution in [-0.2, 0) is 5.60 Å². The number of aromatic nitrogens is 3. The Morgan fingerprint density at radius 2 is 2.14 bits per heavy atom. The van der Waals surface area contributed by atoms with Crippen molar-refractivity contribution in [3.05, 3.63) is 28.9 Å². The van der Waals surface area contributed by atoms with Crippen molar-refractivity contribution >= 4 is 21.6 Å². The topological polar surface area (TPSA) is 50.4 Å². The summed E-state index contributed by atoms with van der Waals surface area (Å²) in [5.41, 5.74) is 0.570. The van der Waals surface area contributed by atoms with E-state index in [0.29, 0.717) is 0 Å². The maximum Gasteiger partial charge on any atom is 0.154 e. The zero-order valence-corrected chi connectivity index (χ0v) is 9.48. The van der Waals surface area contributed by atoms with Gasteiger partial charge in [0.15, 0.2) is 5.65 Å². The van der Waals surface area contributed by atoms with E-state index < -0.39 is 5.60 Å². The van der Waals surface area contributed by atoms with Crippen LogP contribution in [0.1, 0.15) is 19.5 Å². The minimum Gasteiger partial charge on any atom is -0.384 e. The molecule has 0 amide bonds. The summed E-state index contributed by atoms with van der Waals surface area (Å²) >= 11 is 3.35. The number of fused-ring (bicyclic) bond motifs is 1. The fourth-order valence-electron chi connectivity index (χ4n) is 1.33. The highest BCUT2D eigenvalue weighted by molar-refractivity contribution is 9.10. The Bertz CT molecular complexity index is 472. The van der Waals surface area contributed by atoms with Gasteiger partial charge in [0.05, 0.1) is 16.4 Å². The maximum atomic E-state index is 9.86. The van der Waals surface area contributed by atoms with E-state index in [1.54, 1.807) is 37.0 Å². The fraction of sp³-hybridized carbons (Fsp3) is 0.333. The summed E-state index contributed by atoms with van der Waals surface area (Å²) in [6, 6.07) is 0. The number of aliphatic hydroxyl groups is 1. The Balaban J connectivity index is 2.76. The molecule has 0 aliphatic rings. The fourth-order valence-corrected chi connectivity index (χ4v) is 1.74. The molecule has 5 heteroatoms. The van der Waals surface area contributed by atoms with E-state index in [0.717, 1.165) is 15.8 Å². The van der Waals surface area contributed by atoms with Gasteiger partial charge in [0, 0.05) is 6.20 Å². The number of imidazole rings is 1. The van der Waals surface area contributed by atoms with Crippen LogP contribution in [0.3, 0.4) is 0 Å². The molecule has 14 heavy (non-hydrogen) atoms. The quantitative estimate of drug-likeness (QED) is 0.845. The molecule has 2 heterocycles. The lowest BCUT2D eigenvalue weighted by Crippen LogP contribution is -2.18. The van der Waals surface area contributed by atoms with Gasteiger partial charge in [-0.3, -0.25) is 4.40 Å². The zero-order valence-electron chi connectivity index (χ0n) is 7.90. The van der Waals surface area contributed by atoms with E-state index in [1.165, 1.54) is 0 Å². The monoisotopic (exact) mass is 255 g/mol. The standard InChI is InChI=1S/C9H10BrN3O/c1-9(2,14)7-4-12-8-6(10)3-11-5-13(7)8/h3-5,14H,1-2H3. The van der Waals surface area contributed by atoms with E-state index in [9.17, 15) is 5.11 Å². The first kappa shape index (κ1) is 9.61. The van der Waals surface area contributed by atoms with Crippen LogP contribution in [0.4, 0.5) is 0 Å². The van der Waals surface area contributed by atoms with Crippen LogP contribution in [0.25, 0.3) is 5.65 Å². The Kier molecular flexibility index (Phi) is 2.08. The van der Waals surface area contributed by atoms with Gasteiger partial charge in [0.25, 0.3) is 0 Å². The summed E-state index contributed by atoms with van der Waals surface area (Å²) in [7, 11) is 0. The van der Waals surface area contributed by atoms with E-state index in [-0.39, 0.29) is 0 Å². The normalized spacial score (nSPS) is 12.3. The summed E-state index contributed by atoms with van der Waals surface area (Å²) in [6.45, 7) is 3.44. The lowest BCUT2D eigenvalue weighted by molar-refractivity contribution is 0.0728. The molecule has 74 valence electrons. The molecule has 0 saturated heterocycles. The molecular formula is C9H10BrN3O. The molecule has 0 spiro atoms. The number of rotatable bonds is 1. The molecule has 0 radical (unpaired) electrons. The van der Waals surface area contributed by atoms with Crippen molar-refractivity contribution in [2.75, 3.05) is 0 Å². The lowest BCUT2D eigenvalue weighted by Gasteiger charge is -2.16. The van der Waals surface area contributed by atoms with Crippen molar-refractivity contribution in [2.24, 2.45) is 0 Å². The van der Waals surface area contributed by atoms with Gasteiger partial charge in [-0.05, 0) is 29.8 Å². The molecule has 0 saturated carbocycles. The first-order chi connectivity index (χ1) is 6.50. The maximum absolute atomic E-state index is 9.86. The van der Waals surface area contributed by atoms with Crippen LogP contribution in [0.15, 0.2) is 23.2 Å². The molecule has 0 unspecified atom stereocenters. The predicted molar refractivity (Wildman–Crippen MR) is 55.9 cm³/mol. The molecule has 0 fully saturated rings. The average Bonchev–Trinajstić information content (AvgIpc) is 2.47. The number of hydrogen-bond donors (Lipinski definition) is 1. The van der Waals surface area contributed by atoms with Gasteiger partial charge < -0.3 is 5.11 Å². The summed E-state index contributed by atoms with van der Waals surface area (Å²) < 4.78 is 2.58. The molecule has 0 aliphatic heterocycles. The van der Waals surface area contributed by atoms with Crippen molar-refractivity contribution in [1.82, 2.24) is 14.4 Å². The van der Waals surface area contributed by atoms with Crippen LogP contribution in [0.2, 0.25) is 0 Å². The van der Waals surface area contributed by atoms with Gasteiger partial charge in [-0.2, -0.15) is 0 Å². The van der Waals surface area contributed by atoms with Gasteiger partial charge in [-0.15, -0.1) is 0 Å². The SMILES string of the molecule is CC(C)(O)c1cnc2c(Br)cncn12. The van der Waals surface area contributed by atoms with E-state index in [4.69, 9.17) is 0 Å². The third-order valence-electron chi connectivity index (χ3n) is 2.01. The van der Waals surface area contributed by atoms with Gasteiger partial charge in [-0.25, -0.2) is 9.97 Å². The molecule has 4 nitrogen and oxygen atoms in total. The molecule has 1 N–H and O–H groups in total. The third-order valence-corrected chi connectivity index (χ3v) is 2.57. The van der Waals surface area contributed by atoms with Gasteiger partial charge >= 0.3 is 0 Å². The molecular weight excluding hydrogens is 246 g/mol. The summed E-state index contributed by atoms with van der Waals surface area (Å²) in [4.78, 5) is 8.22. The van der Waals surface area contributed by atoms with E-state index >= 15 is 0 Å². The zero-order chi connectivity index (χ0) is 10.3. The van der Waals surface area contributed by atoms with Crippen molar-refractivity contribution in [3.8, 4) is 0 Å². The molecule has 2 rings (SSSR count). The van der Waals surface area contributed by atoms with Crippen LogP contribution < -0.4 is 0 Å². The molecule has 2 aromatic rings.